The molecule has 0 radical (unpaired) electrons. The molecule has 130 valence electrons. The molecule has 1 aliphatic heterocycles. The summed E-state index contributed by atoms with van der Waals surface area (Å²) in [6.45, 7) is 9.78. The molecule has 0 spiro atoms. The molecule has 3 heterocycles. The summed E-state index contributed by atoms with van der Waals surface area (Å²) in [5.74, 6) is 1.52. The van der Waals surface area contributed by atoms with Crippen molar-refractivity contribution in [2.24, 2.45) is 0 Å². The highest BCUT2D eigenvalue weighted by molar-refractivity contribution is 7.17. The molecule has 6 nitrogen and oxygen atoms in total. The van der Waals surface area contributed by atoms with E-state index in [1.807, 2.05) is 26.0 Å². The SMILES string of the molecule is Cc1ccc(-c2nc(C)c(C(=O)NCCCN3CCNCC3)s2)o1. The molecule has 0 bridgehead atoms. The summed E-state index contributed by atoms with van der Waals surface area (Å²) in [6.07, 6.45) is 0.966. The Kier molecular flexibility index (Phi) is 5.65. The van der Waals surface area contributed by atoms with Crippen LogP contribution in [0.2, 0.25) is 0 Å². The molecule has 3 rings (SSSR count). The Bertz CT molecular complexity index is 689. The predicted molar refractivity (Wildman–Crippen MR) is 95.5 cm³/mol. The van der Waals surface area contributed by atoms with E-state index < -0.39 is 0 Å². The maximum atomic E-state index is 12.4. The van der Waals surface area contributed by atoms with Gasteiger partial charge in [0.15, 0.2) is 10.8 Å². The zero-order valence-electron chi connectivity index (χ0n) is 14.2. The van der Waals surface area contributed by atoms with Crippen molar-refractivity contribution in [3.05, 3.63) is 28.5 Å². The third-order valence-electron chi connectivity index (χ3n) is 4.10. The Morgan fingerprint density at radius 1 is 1.38 bits per heavy atom. The summed E-state index contributed by atoms with van der Waals surface area (Å²) < 4.78 is 5.59. The number of carbonyl (C=O) groups excluding carboxylic acids is 1. The van der Waals surface area contributed by atoms with Crippen LogP contribution in [0.4, 0.5) is 0 Å². The van der Waals surface area contributed by atoms with Crippen LogP contribution in [0, 0.1) is 13.8 Å². The highest BCUT2D eigenvalue weighted by Gasteiger charge is 2.17. The number of nitrogens with zero attached hydrogens (tertiary/aromatic N) is 2. The Labute approximate surface area is 146 Å². The zero-order chi connectivity index (χ0) is 16.9. The monoisotopic (exact) mass is 348 g/mol. The minimum atomic E-state index is -0.0418. The number of rotatable bonds is 6. The second kappa shape index (κ2) is 7.92. The van der Waals surface area contributed by atoms with Crippen LogP contribution < -0.4 is 10.6 Å². The second-order valence-corrected chi connectivity index (χ2v) is 7.04. The average molecular weight is 348 g/mol. The van der Waals surface area contributed by atoms with Crippen molar-refractivity contribution in [1.82, 2.24) is 20.5 Å². The van der Waals surface area contributed by atoms with E-state index in [1.54, 1.807) is 0 Å². The average Bonchev–Trinajstić information content (AvgIpc) is 3.18. The van der Waals surface area contributed by atoms with Gasteiger partial charge in [0, 0.05) is 32.7 Å². The van der Waals surface area contributed by atoms with Crippen LogP contribution in [0.3, 0.4) is 0 Å². The summed E-state index contributed by atoms with van der Waals surface area (Å²) >= 11 is 1.38. The largest absolute Gasteiger partial charge is 0.459 e. The molecule has 1 saturated heterocycles. The zero-order valence-corrected chi connectivity index (χ0v) is 15.0. The molecule has 0 unspecified atom stereocenters. The molecule has 0 aliphatic carbocycles. The molecule has 7 heteroatoms. The van der Waals surface area contributed by atoms with Crippen LogP contribution >= 0.6 is 11.3 Å². The Hall–Kier alpha value is -1.70. The molecule has 0 atom stereocenters. The van der Waals surface area contributed by atoms with Gasteiger partial charge < -0.3 is 20.0 Å². The molecule has 2 N–H and O–H groups in total. The lowest BCUT2D eigenvalue weighted by Crippen LogP contribution is -2.44. The van der Waals surface area contributed by atoms with Gasteiger partial charge in [-0.25, -0.2) is 4.98 Å². The Balaban J connectivity index is 1.50. The molecular weight excluding hydrogens is 324 g/mol. The van der Waals surface area contributed by atoms with Gasteiger partial charge in [-0.15, -0.1) is 11.3 Å². The molecule has 0 saturated carbocycles. The summed E-state index contributed by atoms with van der Waals surface area (Å²) in [5.41, 5.74) is 0.753. The summed E-state index contributed by atoms with van der Waals surface area (Å²) in [6, 6.07) is 3.80. The number of carbonyl (C=O) groups is 1. The van der Waals surface area contributed by atoms with Gasteiger partial charge in [0.05, 0.1) is 5.69 Å². The van der Waals surface area contributed by atoms with E-state index in [4.69, 9.17) is 4.42 Å². The number of piperazine rings is 1. The third kappa shape index (κ3) is 4.23. The number of hydrogen-bond acceptors (Lipinski definition) is 6. The number of nitrogens with one attached hydrogen (secondary N) is 2. The van der Waals surface area contributed by atoms with Crippen LogP contribution in [-0.4, -0.2) is 55.1 Å². The second-order valence-electron chi connectivity index (χ2n) is 6.04. The maximum Gasteiger partial charge on any atom is 0.263 e. The molecule has 1 fully saturated rings. The molecule has 1 amide bonds. The number of furan rings is 1. The Morgan fingerprint density at radius 2 is 2.17 bits per heavy atom. The first-order chi connectivity index (χ1) is 11.6. The maximum absolute atomic E-state index is 12.4. The van der Waals surface area contributed by atoms with Crippen molar-refractivity contribution in [3.8, 4) is 10.8 Å². The lowest BCUT2D eigenvalue weighted by molar-refractivity contribution is 0.0954. The van der Waals surface area contributed by atoms with E-state index >= 15 is 0 Å². The van der Waals surface area contributed by atoms with E-state index in [-0.39, 0.29) is 5.91 Å². The number of amides is 1. The fourth-order valence-corrected chi connectivity index (χ4v) is 3.73. The van der Waals surface area contributed by atoms with Crippen molar-refractivity contribution in [3.63, 3.8) is 0 Å². The highest BCUT2D eigenvalue weighted by atomic mass is 32.1. The van der Waals surface area contributed by atoms with Crippen LogP contribution in [0.5, 0.6) is 0 Å². The standard InChI is InChI=1S/C17H24N4O2S/c1-12-4-5-14(23-12)17-20-13(2)15(24-17)16(22)19-6-3-9-21-10-7-18-8-11-21/h4-5,18H,3,6-11H2,1-2H3,(H,19,22). The van der Waals surface area contributed by atoms with Gasteiger partial charge in [-0.3, -0.25) is 4.79 Å². The van der Waals surface area contributed by atoms with Gasteiger partial charge in [0.25, 0.3) is 5.91 Å². The molecule has 1 aliphatic rings. The topological polar surface area (TPSA) is 70.4 Å². The van der Waals surface area contributed by atoms with Crippen molar-refractivity contribution >= 4 is 17.2 Å². The fraction of sp³-hybridized carbons (Fsp3) is 0.529. The molecule has 2 aromatic heterocycles. The number of hydrogen-bond donors (Lipinski definition) is 2. The Morgan fingerprint density at radius 3 is 2.88 bits per heavy atom. The number of aromatic nitrogens is 1. The smallest absolute Gasteiger partial charge is 0.263 e. The van der Waals surface area contributed by atoms with E-state index in [9.17, 15) is 4.79 Å². The number of aryl methyl sites for hydroxylation is 2. The van der Waals surface area contributed by atoms with Gasteiger partial charge in [0.2, 0.25) is 0 Å². The van der Waals surface area contributed by atoms with E-state index in [2.05, 4.69) is 20.5 Å². The summed E-state index contributed by atoms with van der Waals surface area (Å²) in [7, 11) is 0. The first-order valence-electron chi connectivity index (χ1n) is 8.39. The minimum Gasteiger partial charge on any atom is -0.459 e. The third-order valence-corrected chi connectivity index (χ3v) is 5.27. The van der Waals surface area contributed by atoms with Crippen LogP contribution in [-0.2, 0) is 0 Å². The van der Waals surface area contributed by atoms with Crippen molar-refractivity contribution in [2.75, 3.05) is 39.3 Å². The van der Waals surface area contributed by atoms with Crippen molar-refractivity contribution in [1.29, 1.82) is 0 Å². The van der Waals surface area contributed by atoms with Gasteiger partial charge in [-0.2, -0.15) is 0 Å². The first kappa shape index (κ1) is 17.1. The van der Waals surface area contributed by atoms with Gasteiger partial charge in [-0.05, 0) is 38.9 Å². The lowest BCUT2D eigenvalue weighted by Gasteiger charge is -2.27. The molecule has 2 aromatic rings. The molecular formula is C17H24N4O2S. The first-order valence-corrected chi connectivity index (χ1v) is 9.20. The summed E-state index contributed by atoms with van der Waals surface area (Å²) in [4.78, 5) is 19.9. The van der Waals surface area contributed by atoms with E-state index in [0.717, 1.165) is 61.4 Å². The van der Waals surface area contributed by atoms with Crippen molar-refractivity contribution in [2.45, 2.75) is 20.3 Å². The lowest BCUT2D eigenvalue weighted by atomic mass is 10.3. The predicted octanol–water partition coefficient (Wildman–Crippen LogP) is 2.05. The van der Waals surface area contributed by atoms with Crippen LogP contribution in [0.1, 0.15) is 27.5 Å². The van der Waals surface area contributed by atoms with E-state index in [0.29, 0.717) is 11.4 Å². The van der Waals surface area contributed by atoms with Gasteiger partial charge in [0.1, 0.15) is 10.6 Å². The van der Waals surface area contributed by atoms with E-state index in [1.165, 1.54) is 11.3 Å². The van der Waals surface area contributed by atoms with Crippen LogP contribution in [0.25, 0.3) is 10.8 Å². The minimum absolute atomic E-state index is 0.0418. The van der Waals surface area contributed by atoms with Gasteiger partial charge >= 0.3 is 0 Å². The van der Waals surface area contributed by atoms with Crippen LogP contribution in [0.15, 0.2) is 16.5 Å². The molecule has 24 heavy (non-hydrogen) atoms. The highest BCUT2D eigenvalue weighted by Crippen LogP contribution is 2.29. The quantitative estimate of drug-likeness (QED) is 0.782. The molecule has 0 aromatic carbocycles. The number of thiazole rings is 1. The normalized spacial score (nSPS) is 15.6. The summed E-state index contributed by atoms with van der Waals surface area (Å²) in [5, 5.41) is 7.11. The van der Waals surface area contributed by atoms with Crippen molar-refractivity contribution < 1.29 is 9.21 Å². The van der Waals surface area contributed by atoms with Gasteiger partial charge in [-0.1, -0.05) is 0 Å². The fourth-order valence-electron chi connectivity index (χ4n) is 2.78.